The summed E-state index contributed by atoms with van der Waals surface area (Å²) in [5.74, 6) is -0.461. The summed E-state index contributed by atoms with van der Waals surface area (Å²) in [6, 6.07) is 14.1. The van der Waals surface area contributed by atoms with Crippen LogP contribution in [0.1, 0.15) is 52.1 Å². The number of carbonyl (C=O) groups is 4. The third-order valence-corrected chi connectivity index (χ3v) is 5.78. The number of ether oxygens (including phenoxy) is 1. The van der Waals surface area contributed by atoms with Gasteiger partial charge in [-0.2, -0.15) is 0 Å². The van der Waals surface area contributed by atoms with Crippen molar-refractivity contribution in [2.24, 2.45) is 5.41 Å². The molecule has 3 amide bonds. The lowest BCUT2D eigenvalue weighted by molar-refractivity contribution is -0.130. The average Bonchev–Trinajstić information content (AvgIpc) is 2.99. The molecule has 0 N–H and O–H groups in total. The molecule has 0 atom stereocenters. The smallest absolute Gasteiger partial charge is 0.410 e. The number of likely N-dealkylation sites (tertiary alicyclic amines) is 1. The number of imide groups is 1. The Bertz CT molecular complexity index is 1040. The van der Waals surface area contributed by atoms with Gasteiger partial charge in [0.25, 0.3) is 11.8 Å². The topological polar surface area (TPSA) is 84.0 Å². The van der Waals surface area contributed by atoms with E-state index in [4.69, 9.17) is 4.74 Å². The van der Waals surface area contributed by atoms with Crippen molar-refractivity contribution in [1.29, 1.82) is 0 Å². The fraction of sp³-hybridized carbons (Fsp3) is 0.333. The Kier molecular flexibility index (Phi) is 5.35. The summed E-state index contributed by atoms with van der Waals surface area (Å²) in [7, 11) is 0. The van der Waals surface area contributed by atoms with Crippen LogP contribution >= 0.6 is 0 Å². The lowest BCUT2D eigenvalue weighted by atomic mass is 9.83. The van der Waals surface area contributed by atoms with Gasteiger partial charge in [0, 0.05) is 24.9 Å². The van der Waals surface area contributed by atoms with E-state index >= 15 is 0 Å². The molecule has 2 heterocycles. The normalized spacial score (nSPS) is 17.7. The number of benzene rings is 2. The molecule has 1 fully saturated rings. The summed E-state index contributed by atoms with van der Waals surface area (Å²) in [4.78, 5) is 52.3. The molecule has 0 spiro atoms. The highest BCUT2D eigenvalue weighted by molar-refractivity contribution is 6.21. The maximum atomic E-state index is 12.6. The number of rotatable bonds is 4. The van der Waals surface area contributed by atoms with E-state index < -0.39 is 11.5 Å². The molecular weight excluding hydrogens is 396 g/mol. The highest BCUT2D eigenvalue weighted by atomic mass is 16.6. The van der Waals surface area contributed by atoms with E-state index in [1.165, 1.54) is 4.90 Å². The van der Waals surface area contributed by atoms with Gasteiger partial charge in [0.05, 0.1) is 17.7 Å². The van der Waals surface area contributed by atoms with Crippen molar-refractivity contribution in [3.05, 3.63) is 70.8 Å². The van der Waals surface area contributed by atoms with Gasteiger partial charge in [0.15, 0.2) is 0 Å². The second-order valence-electron chi connectivity index (χ2n) is 8.60. The Morgan fingerprint density at radius 3 is 2.26 bits per heavy atom. The number of Topliss-reactive ketones (excluding diaryl/α,β-unsaturated/α-hetero) is 1. The quantitative estimate of drug-likeness (QED) is 0.708. The molecule has 2 aromatic rings. The van der Waals surface area contributed by atoms with Crippen molar-refractivity contribution in [2.75, 3.05) is 13.1 Å². The first kappa shape index (κ1) is 20.8. The van der Waals surface area contributed by atoms with Gasteiger partial charge < -0.3 is 9.64 Å². The number of piperidine rings is 1. The molecule has 0 unspecified atom stereocenters. The van der Waals surface area contributed by atoms with E-state index in [1.54, 1.807) is 35.2 Å². The van der Waals surface area contributed by atoms with Gasteiger partial charge in [-0.25, -0.2) is 4.79 Å². The molecule has 0 aromatic heterocycles. The Morgan fingerprint density at radius 2 is 1.61 bits per heavy atom. The highest BCUT2D eigenvalue weighted by Gasteiger charge is 2.37. The number of carbonyl (C=O) groups excluding carboxylic acids is 4. The van der Waals surface area contributed by atoms with Crippen LogP contribution in [0.3, 0.4) is 0 Å². The second kappa shape index (κ2) is 7.98. The van der Waals surface area contributed by atoms with Gasteiger partial charge in [-0.15, -0.1) is 0 Å². The van der Waals surface area contributed by atoms with Crippen LogP contribution < -0.4 is 0 Å². The summed E-state index contributed by atoms with van der Waals surface area (Å²) in [5, 5.41) is 0. The van der Waals surface area contributed by atoms with Crippen molar-refractivity contribution in [1.82, 2.24) is 9.80 Å². The minimum Gasteiger partial charge on any atom is -0.445 e. The Balaban J connectivity index is 1.38. The van der Waals surface area contributed by atoms with Gasteiger partial charge in [-0.3, -0.25) is 19.3 Å². The Labute approximate surface area is 180 Å². The van der Waals surface area contributed by atoms with Crippen LogP contribution in [0, 0.1) is 5.41 Å². The van der Waals surface area contributed by atoms with Crippen LogP contribution in [0.15, 0.2) is 48.5 Å². The van der Waals surface area contributed by atoms with Gasteiger partial charge >= 0.3 is 6.09 Å². The summed E-state index contributed by atoms with van der Waals surface area (Å²) in [5.41, 5.74) is 1.80. The first-order valence-corrected chi connectivity index (χ1v) is 10.2. The SMILES string of the molecule is CC1(C)CN(C(=O)OCc2cccc(CN3C(=O)c4ccccc4C3=O)c2)CCC1=O. The largest absolute Gasteiger partial charge is 0.445 e. The summed E-state index contributed by atoms with van der Waals surface area (Å²) in [6.07, 6.45) is -0.121. The zero-order valence-corrected chi connectivity index (χ0v) is 17.6. The van der Waals surface area contributed by atoms with Gasteiger partial charge in [-0.05, 0) is 23.3 Å². The van der Waals surface area contributed by atoms with Crippen molar-refractivity contribution < 1.29 is 23.9 Å². The molecule has 160 valence electrons. The van der Waals surface area contributed by atoms with E-state index in [-0.39, 0.29) is 30.7 Å². The predicted molar refractivity (Wildman–Crippen MR) is 112 cm³/mol. The van der Waals surface area contributed by atoms with Gasteiger partial charge in [0.2, 0.25) is 0 Å². The lowest BCUT2D eigenvalue weighted by Crippen LogP contribution is -2.48. The monoisotopic (exact) mass is 420 g/mol. The summed E-state index contributed by atoms with van der Waals surface area (Å²) < 4.78 is 5.44. The number of nitrogens with zero attached hydrogens (tertiary/aromatic N) is 2. The summed E-state index contributed by atoms with van der Waals surface area (Å²) in [6.45, 7) is 4.58. The Morgan fingerprint density at radius 1 is 0.968 bits per heavy atom. The lowest BCUT2D eigenvalue weighted by Gasteiger charge is -2.35. The molecule has 4 rings (SSSR count). The zero-order valence-electron chi connectivity index (χ0n) is 17.6. The van der Waals surface area contributed by atoms with Crippen LogP contribution in [0.4, 0.5) is 4.79 Å². The molecule has 31 heavy (non-hydrogen) atoms. The van der Waals surface area contributed by atoms with Gasteiger partial charge in [-0.1, -0.05) is 50.2 Å². The fourth-order valence-corrected chi connectivity index (χ4v) is 3.99. The number of ketones is 1. The standard InChI is InChI=1S/C24H24N2O5/c1-24(2)15-25(11-10-20(24)27)23(30)31-14-17-7-5-6-16(12-17)13-26-21(28)18-8-3-4-9-19(18)22(26)29/h3-9,12H,10-11,13-15H2,1-2H3. The third kappa shape index (κ3) is 4.08. The fourth-order valence-electron chi connectivity index (χ4n) is 3.99. The molecule has 0 radical (unpaired) electrons. The molecule has 7 heteroatoms. The molecule has 0 saturated carbocycles. The molecule has 2 aromatic carbocycles. The van der Waals surface area contributed by atoms with Crippen molar-refractivity contribution in [3.8, 4) is 0 Å². The number of hydrogen-bond acceptors (Lipinski definition) is 5. The van der Waals surface area contributed by atoms with Crippen LogP contribution in [0.5, 0.6) is 0 Å². The Hall–Kier alpha value is -3.48. The summed E-state index contributed by atoms with van der Waals surface area (Å²) >= 11 is 0. The maximum Gasteiger partial charge on any atom is 0.410 e. The van der Waals surface area contributed by atoms with Crippen molar-refractivity contribution in [2.45, 2.75) is 33.4 Å². The zero-order chi connectivity index (χ0) is 22.2. The molecular formula is C24H24N2O5. The number of hydrogen-bond donors (Lipinski definition) is 0. The highest BCUT2D eigenvalue weighted by Crippen LogP contribution is 2.26. The van der Waals surface area contributed by atoms with Crippen LogP contribution in [0.25, 0.3) is 0 Å². The van der Waals surface area contributed by atoms with E-state index in [0.29, 0.717) is 30.6 Å². The molecule has 1 saturated heterocycles. The first-order valence-electron chi connectivity index (χ1n) is 10.2. The molecule has 2 aliphatic heterocycles. The van der Waals surface area contributed by atoms with Crippen molar-refractivity contribution in [3.63, 3.8) is 0 Å². The van der Waals surface area contributed by atoms with E-state index in [0.717, 1.165) is 11.1 Å². The van der Waals surface area contributed by atoms with E-state index in [2.05, 4.69) is 0 Å². The maximum absolute atomic E-state index is 12.6. The third-order valence-electron chi connectivity index (χ3n) is 5.78. The number of fused-ring (bicyclic) bond motifs is 1. The predicted octanol–water partition coefficient (Wildman–Crippen LogP) is 3.42. The minimum absolute atomic E-state index is 0.0691. The molecule has 7 nitrogen and oxygen atoms in total. The van der Waals surface area contributed by atoms with Gasteiger partial charge in [0.1, 0.15) is 12.4 Å². The molecule has 0 aliphatic carbocycles. The van der Waals surface area contributed by atoms with Crippen molar-refractivity contribution >= 4 is 23.7 Å². The van der Waals surface area contributed by atoms with Crippen LogP contribution in [-0.4, -0.2) is 46.6 Å². The minimum atomic E-state index is -0.566. The number of amides is 3. The average molecular weight is 420 g/mol. The van der Waals surface area contributed by atoms with Crippen LogP contribution in [0.2, 0.25) is 0 Å². The van der Waals surface area contributed by atoms with Crippen LogP contribution in [-0.2, 0) is 22.7 Å². The molecule has 0 bridgehead atoms. The van der Waals surface area contributed by atoms with E-state index in [1.807, 2.05) is 32.0 Å². The molecule has 2 aliphatic rings. The van der Waals surface area contributed by atoms with E-state index in [9.17, 15) is 19.2 Å². The second-order valence-corrected chi connectivity index (χ2v) is 8.60. The first-order chi connectivity index (χ1) is 14.8.